The minimum absolute atomic E-state index is 0.0557. The Kier molecular flexibility index (Phi) is 12.7. The minimum Gasteiger partial charge on any atom is -0.443 e. The smallest absolute Gasteiger partial charge is 0.274 e. The van der Waals surface area contributed by atoms with Gasteiger partial charge in [-0.25, -0.2) is 9.97 Å². The molecule has 2 aliphatic heterocycles. The van der Waals surface area contributed by atoms with Crippen LogP contribution in [0.3, 0.4) is 0 Å². The van der Waals surface area contributed by atoms with Crippen molar-refractivity contribution in [1.29, 1.82) is 0 Å². The molecule has 1 aromatic carbocycles. The summed E-state index contributed by atoms with van der Waals surface area (Å²) in [5, 5.41) is 11.1. The van der Waals surface area contributed by atoms with Gasteiger partial charge >= 0.3 is 0 Å². The molecule has 4 heterocycles. The lowest BCUT2D eigenvalue weighted by Gasteiger charge is -2.26. The van der Waals surface area contributed by atoms with E-state index in [2.05, 4.69) is 25.9 Å². The molecule has 268 valence electrons. The molecule has 5 amide bonds. The monoisotopic (exact) mass is 705 g/mol. The molecule has 4 bridgehead atoms. The molecule has 0 saturated carbocycles. The minimum atomic E-state index is -0.641. The number of nitrogens with zero attached hydrogens (tertiary/aromatic N) is 4. The molecule has 0 aliphatic carbocycles. The molecule has 13 nitrogen and oxygen atoms in total. The van der Waals surface area contributed by atoms with Crippen LogP contribution in [0.2, 0.25) is 0 Å². The molecule has 2 atom stereocenters. The summed E-state index contributed by atoms with van der Waals surface area (Å²) in [5.41, 5.74) is 1.28. The molecule has 1 saturated heterocycles. The number of aromatic nitrogens is 2. The van der Waals surface area contributed by atoms with Crippen LogP contribution in [0.4, 0.5) is 0 Å². The lowest BCUT2D eigenvalue weighted by molar-refractivity contribution is -0.134. The zero-order valence-electron chi connectivity index (χ0n) is 29.0. The number of rotatable bonds is 6. The van der Waals surface area contributed by atoms with Gasteiger partial charge in [0.1, 0.15) is 22.5 Å². The van der Waals surface area contributed by atoms with Crippen molar-refractivity contribution in [1.82, 2.24) is 35.7 Å². The van der Waals surface area contributed by atoms with Crippen molar-refractivity contribution in [2.75, 3.05) is 32.7 Å². The van der Waals surface area contributed by atoms with Gasteiger partial charge in [-0.15, -0.1) is 11.3 Å². The summed E-state index contributed by atoms with van der Waals surface area (Å²) in [6.07, 6.45) is 4.34. The van der Waals surface area contributed by atoms with Gasteiger partial charge in [0.05, 0.1) is 6.04 Å². The Morgan fingerprint density at radius 1 is 0.960 bits per heavy atom. The van der Waals surface area contributed by atoms with E-state index in [1.54, 1.807) is 22.1 Å². The summed E-state index contributed by atoms with van der Waals surface area (Å²) in [5.74, 6) is -0.681. The van der Waals surface area contributed by atoms with Crippen molar-refractivity contribution in [3.05, 3.63) is 69.3 Å². The number of oxazole rings is 1. The SMILES string of the molecule is Cc1oc2nc1C(=O)N[C@@H](C(C)C)c1nc(cs1)C(=O)NCCN(C(=O)CCN1CCCCCC1=O)CCCC(=O)N[C@H]2Cc1ccccc1. The molecule has 0 unspecified atom stereocenters. The first-order valence-corrected chi connectivity index (χ1v) is 18.4. The quantitative estimate of drug-likeness (QED) is 0.345. The van der Waals surface area contributed by atoms with Gasteiger partial charge in [0, 0.05) is 63.8 Å². The fraction of sp³-hybridized carbons (Fsp3) is 0.528. The van der Waals surface area contributed by atoms with Crippen molar-refractivity contribution in [2.45, 2.75) is 84.2 Å². The summed E-state index contributed by atoms with van der Waals surface area (Å²) in [4.78, 5) is 78.5. The Labute approximate surface area is 296 Å². The molecule has 2 aliphatic rings. The van der Waals surface area contributed by atoms with Crippen molar-refractivity contribution in [3.63, 3.8) is 0 Å². The topological polar surface area (TPSA) is 167 Å². The predicted octanol–water partition coefficient (Wildman–Crippen LogP) is 4.11. The molecule has 50 heavy (non-hydrogen) atoms. The van der Waals surface area contributed by atoms with Crippen LogP contribution in [-0.2, 0) is 20.8 Å². The zero-order chi connectivity index (χ0) is 35.6. The van der Waals surface area contributed by atoms with Crippen LogP contribution in [-0.4, -0.2) is 82.0 Å². The second kappa shape index (κ2) is 17.4. The third-order valence-corrected chi connectivity index (χ3v) is 9.96. The van der Waals surface area contributed by atoms with Crippen LogP contribution >= 0.6 is 11.3 Å². The van der Waals surface area contributed by atoms with Gasteiger partial charge in [0.25, 0.3) is 11.8 Å². The summed E-state index contributed by atoms with van der Waals surface area (Å²) < 4.78 is 6.01. The molecule has 0 radical (unpaired) electrons. The van der Waals surface area contributed by atoms with Gasteiger partial charge < -0.3 is 30.2 Å². The fourth-order valence-corrected chi connectivity index (χ4v) is 7.22. The number of aryl methyl sites for hydroxylation is 1. The second-order valence-electron chi connectivity index (χ2n) is 13.2. The average molecular weight is 706 g/mol. The number of benzene rings is 1. The van der Waals surface area contributed by atoms with Gasteiger partial charge in [-0.3, -0.25) is 24.0 Å². The van der Waals surface area contributed by atoms with E-state index in [0.29, 0.717) is 49.7 Å². The molecule has 3 N–H and O–H groups in total. The lowest BCUT2D eigenvalue weighted by atomic mass is 10.0. The van der Waals surface area contributed by atoms with Crippen LogP contribution in [0.15, 0.2) is 40.1 Å². The highest BCUT2D eigenvalue weighted by Gasteiger charge is 2.29. The van der Waals surface area contributed by atoms with Crippen LogP contribution in [0.1, 0.15) is 114 Å². The van der Waals surface area contributed by atoms with Crippen LogP contribution in [0.5, 0.6) is 0 Å². The van der Waals surface area contributed by atoms with E-state index in [1.165, 1.54) is 11.3 Å². The normalized spacial score (nSPS) is 20.2. The molecular weight excluding hydrogens is 659 g/mol. The van der Waals surface area contributed by atoms with E-state index in [4.69, 9.17) is 4.42 Å². The number of hydrogen-bond acceptors (Lipinski definition) is 9. The Bertz CT molecular complexity index is 1650. The van der Waals surface area contributed by atoms with Gasteiger partial charge in [0.15, 0.2) is 5.69 Å². The predicted molar refractivity (Wildman–Crippen MR) is 187 cm³/mol. The number of nitrogens with one attached hydrogen (secondary N) is 3. The van der Waals surface area contributed by atoms with Crippen molar-refractivity contribution in [3.8, 4) is 0 Å². The highest BCUT2D eigenvalue weighted by Crippen LogP contribution is 2.27. The van der Waals surface area contributed by atoms with Gasteiger partial charge in [-0.1, -0.05) is 50.6 Å². The standard InChI is InChI=1S/C36H47N7O6S/c1-23(2)31-36-39-27(22-50-36)33(47)37-16-20-43(30(46)15-19-42-17-9-5-8-14-29(42)45)18-10-13-28(44)38-26(21-25-11-6-4-7-12-25)35-41-32(24(3)49-35)34(48)40-31/h4,6-7,11-12,22-23,26,31H,5,8-10,13-21H2,1-3H3,(H,37,47)(H,38,44)(H,40,48)/t26-,31-/m0/s1. The first kappa shape index (κ1) is 36.7. The number of thiazole rings is 1. The molecular formula is C36H47N7O6S. The maximum atomic E-state index is 13.5. The zero-order valence-corrected chi connectivity index (χ0v) is 29.9. The molecule has 3 aromatic rings. The molecule has 0 spiro atoms. The molecule has 14 heteroatoms. The van der Waals surface area contributed by atoms with Gasteiger partial charge in [-0.05, 0) is 37.7 Å². The Morgan fingerprint density at radius 3 is 2.54 bits per heavy atom. The number of likely N-dealkylation sites (tertiary alicyclic amines) is 1. The number of carbonyl (C=O) groups is 5. The molecule has 5 rings (SSSR count). The van der Waals surface area contributed by atoms with Gasteiger partial charge in [0.2, 0.25) is 23.6 Å². The van der Waals surface area contributed by atoms with E-state index >= 15 is 0 Å². The highest BCUT2D eigenvalue weighted by molar-refractivity contribution is 7.09. The van der Waals surface area contributed by atoms with Crippen molar-refractivity contribution >= 4 is 40.9 Å². The largest absolute Gasteiger partial charge is 0.443 e. The molecule has 2 aromatic heterocycles. The summed E-state index contributed by atoms with van der Waals surface area (Å²) in [6, 6.07) is 8.49. The van der Waals surface area contributed by atoms with Crippen LogP contribution in [0, 0.1) is 12.8 Å². The Morgan fingerprint density at radius 2 is 1.76 bits per heavy atom. The highest BCUT2D eigenvalue weighted by atomic mass is 32.1. The van der Waals surface area contributed by atoms with Crippen LogP contribution < -0.4 is 16.0 Å². The lowest BCUT2D eigenvalue weighted by Crippen LogP contribution is -2.41. The van der Waals surface area contributed by atoms with Crippen molar-refractivity contribution in [2.24, 2.45) is 5.92 Å². The van der Waals surface area contributed by atoms with E-state index in [-0.39, 0.29) is 72.8 Å². The Balaban J connectivity index is 1.38. The van der Waals surface area contributed by atoms with Crippen LogP contribution in [0.25, 0.3) is 0 Å². The number of hydrogen-bond donors (Lipinski definition) is 3. The number of amides is 5. The van der Waals surface area contributed by atoms with Crippen molar-refractivity contribution < 1.29 is 28.4 Å². The van der Waals surface area contributed by atoms with E-state index in [0.717, 1.165) is 24.8 Å². The summed E-state index contributed by atoms with van der Waals surface area (Å²) >= 11 is 1.28. The third kappa shape index (κ3) is 9.77. The maximum absolute atomic E-state index is 13.5. The second-order valence-corrected chi connectivity index (χ2v) is 14.1. The molecule has 1 fully saturated rings. The van der Waals surface area contributed by atoms with E-state index in [1.807, 2.05) is 44.2 Å². The van der Waals surface area contributed by atoms with E-state index < -0.39 is 18.0 Å². The Hall–Kier alpha value is -4.59. The maximum Gasteiger partial charge on any atom is 0.274 e. The average Bonchev–Trinajstić information content (AvgIpc) is 3.68. The number of fused-ring (bicyclic) bond motifs is 4. The van der Waals surface area contributed by atoms with E-state index in [9.17, 15) is 24.0 Å². The summed E-state index contributed by atoms with van der Waals surface area (Å²) in [7, 11) is 0. The summed E-state index contributed by atoms with van der Waals surface area (Å²) in [6.45, 7) is 7.25. The first-order valence-electron chi connectivity index (χ1n) is 17.5. The first-order chi connectivity index (χ1) is 24.1. The number of carbonyl (C=O) groups excluding carboxylic acids is 5. The van der Waals surface area contributed by atoms with Gasteiger partial charge in [-0.2, -0.15) is 0 Å². The fourth-order valence-electron chi connectivity index (χ4n) is 6.20. The third-order valence-electron chi connectivity index (χ3n) is 9.04.